The standard InChI is InChI=1S/C4H4O2S/c5-3-4-1-2-6-7-4/h1-4H. The van der Waals surface area contributed by atoms with Crippen LogP contribution in [0.25, 0.3) is 0 Å². The van der Waals surface area contributed by atoms with Gasteiger partial charge in [-0.3, -0.25) is 0 Å². The lowest BCUT2D eigenvalue weighted by atomic mass is 10.5. The van der Waals surface area contributed by atoms with Gasteiger partial charge in [-0.1, -0.05) is 0 Å². The molecule has 0 amide bonds. The van der Waals surface area contributed by atoms with Gasteiger partial charge < -0.3 is 8.98 Å². The first kappa shape index (κ1) is 4.71. The number of hydrogen-bond donors (Lipinski definition) is 0. The molecule has 0 N–H and O–H groups in total. The summed E-state index contributed by atoms with van der Waals surface area (Å²) >= 11 is 1.16. The molecule has 7 heavy (non-hydrogen) atoms. The molecule has 0 saturated carbocycles. The Morgan fingerprint density at radius 3 is 3.00 bits per heavy atom. The normalized spacial score (nSPS) is 27.1. The maximum absolute atomic E-state index is 9.86. The van der Waals surface area contributed by atoms with Crippen LogP contribution in [0, 0.1) is 0 Å². The van der Waals surface area contributed by atoms with E-state index in [1.165, 1.54) is 6.26 Å². The first-order valence-electron chi connectivity index (χ1n) is 1.87. The Morgan fingerprint density at radius 1 is 1.86 bits per heavy atom. The van der Waals surface area contributed by atoms with Crippen LogP contribution in [-0.2, 0) is 8.98 Å². The van der Waals surface area contributed by atoms with E-state index in [4.69, 9.17) is 0 Å². The molecule has 0 radical (unpaired) electrons. The van der Waals surface area contributed by atoms with Crippen LogP contribution >= 0.6 is 12.0 Å². The summed E-state index contributed by atoms with van der Waals surface area (Å²) in [5.74, 6) is 0. The highest BCUT2D eigenvalue weighted by atomic mass is 32.2. The highest BCUT2D eigenvalue weighted by Gasteiger charge is 2.08. The van der Waals surface area contributed by atoms with Crippen molar-refractivity contribution in [1.29, 1.82) is 0 Å². The minimum atomic E-state index is -0.0694. The van der Waals surface area contributed by atoms with Crippen LogP contribution in [0.5, 0.6) is 0 Å². The third kappa shape index (κ3) is 0.962. The lowest BCUT2D eigenvalue weighted by molar-refractivity contribution is -0.106. The smallest absolute Gasteiger partial charge is 0.140 e. The van der Waals surface area contributed by atoms with Gasteiger partial charge in [0, 0.05) is 0 Å². The molecule has 0 aromatic heterocycles. The summed E-state index contributed by atoms with van der Waals surface area (Å²) < 4.78 is 4.65. The molecular formula is C4H4O2S. The topological polar surface area (TPSA) is 26.3 Å². The molecule has 1 heterocycles. The molecule has 1 unspecified atom stereocenters. The summed E-state index contributed by atoms with van der Waals surface area (Å²) in [6.45, 7) is 0. The van der Waals surface area contributed by atoms with Gasteiger partial charge in [-0.05, 0) is 6.08 Å². The maximum Gasteiger partial charge on any atom is 0.140 e. The monoisotopic (exact) mass is 116 g/mol. The van der Waals surface area contributed by atoms with Crippen molar-refractivity contribution >= 4 is 18.3 Å². The zero-order valence-electron chi connectivity index (χ0n) is 3.53. The van der Waals surface area contributed by atoms with E-state index in [2.05, 4.69) is 4.18 Å². The van der Waals surface area contributed by atoms with E-state index in [0.29, 0.717) is 0 Å². The summed E-state index contributed by atoms with van der Waals surface area (Å²) in [7, 11) is 0. The molecule has 0 bridgehead atoms. The fraction of sp³-hybridized carbons (Fsp3) is 0.250. The van der Waals surface area contributed by atoms with Gasteiger partial charge in [0.1, 0.15) is 11.5 Å². The van der Waals surface area contributed by atoms with Gasteiger partial charge in [-0.25, -0.2) is 0 Å². The van der Waals surface area contributed by atoms with E-state index in [1.807, 2.05) is 0 Å². The second kappa shape index (κ2) is 2.02. The summed E-state index contributed by atoms with van der Waals surface area (Å²) in [5, 5.41) is -0.0694. The second-order valence-corrected chi connectivity index (χ2v) is 2.05. The molecule has 1 rings (SSSR count). The zero-order chi connectivity index (χ0) is 5.11. The van der Waals surface area contributed by atoms with Crippen LogP contribution in [0.4, 0.5) is 0 Å². The predicted molar refractivity (Wildman–Crippen MR) is 27.7 cm³/mol. The lowest BCUT2D eigenvalue weighted by Gasteiger charge is -1.87. The quantitative estimate of drug-likeness (QED) is 0.373. The van der Waals surface area contributed by atoms with Gasteiger partial charge in [0.15, 0.2) is 0 Å². The van der Waals surface area contributed by atoms with Gasteiger partial charge >= 0.3 is 0 Å². The Kier molecular flexibility index (Phi) is 1.36. The molecule has 0 fully saturated rings. The Bertz CT molecular complexity index is 99.9. The molecule has 1 atom stereocenters. The van der Waals surface area contributed by atoms with Crippen LogP contribution in [0.1, 0.15) is 0 Å². The van der Waals surface area contributed by atoms with Crippen LogP contribution in [0.3, 0.4) is 0 Å². The van der Waals surface area contributed by atoms with Crippen molar-refractivity contribution in [2.75, 3.05) is 0 Å². The van der Waals surface area contributed by atoms with Crippen LogP contribution in [-0.4, -0.2) is 11.5 Å². The summed E-state index contributed by atoms with van der Waals surface area (Å²) in [6.07, 6.45) is 4.07. The SMILES string of the molecule is O=CC1C=COS1. The molecule has 0 saturated heterocycles. The van der Waals surface area contributed by atoms with E-state index < -0.39 is 0 Å². The molecule has 0 aliphatic carbocycles. The average molecular weight is 116 g/mol. The number of carbonyl (C=O) groups excluding carboxylic acids is 1. The fourth-order valence-electron chi connectivity index (χ4n) is 0.306. The molecule has 0 spiro atoms. The highest BCUT2D eigenvalue weighted by Crippen LogP contribution is 2.18. The van der Waals surface area contributed by atoms with Crippen molar-refractivity contribution in [3.8, 4) is 0 Å². The maximum atomic E-state index is 9.86. The van der Waals surface area contributed by atoms with Crippen molar-refractivity contribution < 1.29 is 8.98 Å². The summed E-state index contributed by atoms with van der Waals surface area (Å²) in [4.78, 5) is 9.86. The van der Waals surface area contributed by atoms with Gasteiger partial charge in [0.2, 0.25) is 0 Å². The Hall–Kier alpha value is -0.440. The largest absolute Gasteiger partial charge is 0.433 e. The Labute approximate surface area is 45.7 Å². The third-order valence-corrected chi connectivity index (χ3v) is 1.34. The Balaban J connectivity index is 2.42. The van der Waals surface area contributed by atoms with Gasteiger partial charge in [0.05, 0.1) is 18.3 Å². The molecule has 1 aliphatic rings. The van der Waals surface area contributed by atoms with E-state index in [0.717, 1.165) is 18.3 Å². The number of carbonyl (C=O) groups is 1. The number of rotatable bonds is 1. The van der Waals surface area contributed by atoms with E-state index in [9.17, 15) is 4.79 Å². The fourth-order valence-corrected chi connectivity index (χ4v) is 0.736. The predicted octanol–water partition coefficient (Wildman–Crippen LogP) is 0.746. The lowest BCUT2D eigenvalue weighted by Crippen LogP contribution is -1.92. The first-order chi connectivity index (χ1) is 3.43. The van der Waals surface area contributed by atoms with Crippen LogP contribution in [0.2, 0.25) is 0 Å². The molecule has 0 aromatic rings. The molecular weight excluding hydrogens is 112 g/mol. The number of hydrogen-bond acceptors (Lipinski definition) is 3. The van der Waals surface area contributed by atoms with Crippen molar-refractivity contribution in [1.82, 2.24) is 0 Å². The van der Waals surface area contributed by atoms with Crippen LogP contribution < -0.4 is 0 Å². The van der Waals surface area contributed by atoms with Gasteiger partial charge in [-0.15, -0.1) is 0 Å². The molecule has 3 heteroatoms. The third-order valence-electron chi connectivity index (χ3n) is 0.625. The van der Waals surface area contributed by atoms with Crippen molar-refractivity contribution in [3.63, 3.8) is 0 Å². The summed E-state index contributed by atoms with van der Waals surface area (Å²) in [6, 6.07) is 0. The number of aldehydes is 1. The van der Waals surface area contributed by atoms with E-state index >= 15 is 0 Å². The van der Waals surface area contributed by atoms with Crippen LogP contribution in [0.15, 0.2) is 12.3 Å². The van der Waals surface area contributed by atoms with E-state index in [1.54, 1.807) is 6.08 Å². The molecule has 2 nitrogen and oxygen atoms in total. The van der Waals surface area contributed by atoms with Crippen molar-refractivity contribution in [3.05, 3.63) is 12.3 Å². The minimum Gasteiger partial charge on any atom is -0.433 e. The molecule has 38 valence electrons. The highest BCUT2D eigenvalue weighted by molar-refractivity contribution is 7.96. The minimum absolute atomic E-state index is 0.0694. The summed E-state index contributed by atoms with van der Waals surface area (Å²) in [5.41, 5.74) is 0. The Morgan fingerprint density at radius 2 is 2.71 bits per heavy atom. The zero-order valence-corrected chi connectivity index (χ0v) is 4.35. The molecule has 0 aromatic carbocycles. The second-order valence-electron chi connectivity index (χ2n) is 1.12. The average Bonchev–Trinajstić information content (AvgIpc) is 2.14. The van der Waals surface area contributed by atoms with E-state index in [-0.39, 0.29) is 5.25 Å². The van der Waals surface area contributed by atoms with Crippen molar-refractivity contribution in [2.45, 2.75) is 5.25 Å². The van der Waals surface area contributed by atoms with Gasteiger partial charge in [-0.2, -0.15) is 0 Å². The van der Waals surface area contributed by atoms with Gasteiger partial charge in [0.25, 0.3) is 0 Å². The first-order valence-corrected chi connectivity index (χ1v) is 2.68. The molecule has 1 aliphatic heterocycles. The van der Waals surface area contributed by atoms with Crippen molar-refractivity contribution in [2.24, 2.45) is 0 Å².